The molecule has 1 N–H and O–H groups in total. The second-order valence-corrected chi connectivity index (χ2v) is 4.83. The standard InChI is InChI=1S/C15H12F6N2/c1-8(7-22-9-5-3-2-4-6-9)23(21)15-13(19)11(17)10(16)12(18)14(15)20/h2-6,8,22H,7H2,1H3. The Morgan fingerprint density at radius 1 is 0.870 bits per heavy atom. The van der Waals surface area contributed by atoms with Crippen LogP contribution in [0.2, 0.25) is 0 Å². The van der Waals surface area contributed by atoms with Crippen molar-refractivity contribution in [3.63, 3.8) is 0 Å². The van der Waals surface area contributed by atoms with Crippen molar-refractivity contribution in [1.82, 2.24) is 0 Å². The molecule has 2 nitrogen and oxygen atoms in total. The number of hydrogen-bond acceptors (Lipinski definition) is 2. The van der Waals surface area contributed by atoms with Gasteiger partial charge in [0.15, 0.2) is 23.3 Å². The van der Waals surface area contributed by atoms with Gasteiger partial charge in [-0.15, -0.1) is 0 Å². The Hall–Kier alpha value is -2.38. The van der Waals surface area contributed by atoms with E-state index in [0.29, 0.717) is 5.69 Å². The zero-order valence-corrected chi connectivity index (χ0v) is 11.9. The number of hydrogen-bond donors (Lipinski definition) is 1. The average molecular weight is 334 g/mol. The van der Waals surface area contributed by atoms with E-state index in [1.54, 1.807) is 30.3 Å². The fourth-order valence-electron chi connectivity index (χ4n) is 1.90. The normalized spacial score (nSPS) is 12.1. The zero-order valence-electron chi connectivity index (χ0n) is 11.9. The summed E-state index contributed by atoms with van der Waals surface area (Å²) in [6.45, 7) is 1.11. The lowest BCUT2D eigenvalue weighted by Gasteiger charge is -2.23. The molecule has 2 rings (SSSR count). The van der Waals surface area contributed by atoms with Crippen molar-refractivity contribution in [2.75, 3.05) is 17.0 Å². The van der Waals surface area contributed by atoms with Crippen LogP contribution in [0.4, 0.5) is 37.8 Å². The minimum absolute atomic E-state index is 0.125. The summed E-state index contributed by atoms with van der Waals surface area (Å²) in [6.07, 6.45) is 0. The van der Waals surface area contributed by atoms with Crippen LogP contribution in [0.1, 0.15) is 6.92 Å². The topological polar surface area (TPSA) is 15.3 Å². The summed E-state index contributed by atoms with van der Waals surface area (Å²) in [5.41, 5.74) is -0.992. The highest BCUT2D eigenvalue weighted by molar-refractivity contribution is 5.50. The van der Waals surface area contributed by atoms with Crippen molar-refractivity contribution in [3.05, 3.63) is 59.4 Å². The van der Waals surface area contributed by atoms with Gasteiger partial charge < -0.3 is 5.32 Å². The minimum Gasteiger partial charge on any atom is -0.383 e. The molecule has 2 aromatic carbocycles. The zero-order chi connectivity index (χ0) is 17.1. The molecule has 0 aliphatic carbocycles. The van der Waals surface area contributed by atoms with Gasteiger partial charge in [0.1, 0.15) is 5.69 Å². The smallest absolute Gasteiger partial charge is 0.200 e. The number of benzene rings is 2. The monoisotopic (exact) mass is 334 g/mol. The SMILES string of the molecule is CC(CNc1ccccc1)N(F)c1c(F)c(F)c(F)c(F)c1F. The lowest BCUT2D eigenvalue weighted by Crippen LogP contribution is -2.33. The van der Waals surface area contributed by atoms with Gasteiger partial charge in [0.2, 0.25) is 5.82 Å². The highest BCUT2D eigenvalue weighted by Crippen LogP contribution is 2.31. The molecular weight excluding hydrogens is 322 g/mol. The first-order valence-electron chi connectivity index (χ1n) is 6.60. The molecule has 0 fully saturated rings. The lowest BCUT2D eigenvalue weighted by molar-refractivity contribution is 0.337. The van der Waals surface area contributed by atoms with Gasteiger partial charge in [-0.1, -0.05) is 22.7 Å². The molecule has 0 heterocycles. The predicted molar refractivity (Wildman–Crippen MR) is 74.2 cm³/mol. The Balaban J connectivity index is 2.21. The molecule has 0 saturated heterocycles. The van der Waals surface area contributed by atoms with Crippen LogP contribution in [-0.2, 0) is 0 Å². The summed E-state index contributed by atoms with van der Waals surface area (Å²) in [7, 11) is 0. The quantitative estimate of drug-likeness (QED) is 0.373. The van der Waals surface area contributed by atoms with Crippen molar-refractivity contribution in [2.24, 2.45) is 0 Å². The van der Waals surface area contributed by atoms with Gasteiger partial charge in [0.05, 0.1) is 6.04 Å². The molecule has 0 aromatic heterocycles. The number of rotatable bonds is 5. The van der Waals surface area contributed by atoms with Crippen LogP contribution < -0.4 is 10.4 Å². The summed E-state index contributed by atoms with van der Waals surface area (Å²) in [4.78, 5) is 0. The third-order valence-corrected chi connectivity index (χ3v) is 3.16. The molecule has 0 aliphatic rings. The molecule has 0 bridgehead atoms. The van der Waals surface area contributed by atoms with Crippen LogP contribution >= 0.6 is 0 Å². The molecule has 0 saturated carbocycles. The average Bonchev–Trinajstić information content (AvgIpc) is 2.57. The number of para-hydroxylation sites is 1. The molecule has 124 valence electrons. The maximum Gasteiger partial charge on any atom is 0.200 e. The van der Waals surface area contributed by atoms with E-state index < -0.39 is 45.9 Å². The molecular formula is C15H12F6N2. The molecule has 0 radical (unpaired) electrons. The first-order chi connectivity index (χ1) is 10.8. The first-order valence-corrected chi connectivity index (χ1v) is 6.60. The maximum atomic E-state index is 14.1. The Bertz CT molecular complexity index is 663. The van der Waals surface area contributed by atoms with Gasteiger partial charge in [0, 0.05) is 12.2 Å². The molecule has 1 atom stereocenters. The van der Waals surface area contributed by atoms with E-state index in [4.69, 9.17) is 0 Å². The van der Waals surface area contributed by atoms with Crippen molar-refractivity contribution in [3.8, 4) is 0 Å². The van der Waals surface area contributed by atoms with Gasteiger partial charge >= 0.3 is 0 Å². The Morgan fingerprint density at radius 3 is 1.87 bits per heavy atom. The van der Waals surface area contributed by atoms with Crippen molar-refractivity contribution < 1.29 is 26.4 Å². The molecule has 0 aliphatic heterocycles. The molecule has 23 heavy (non-hydrogen) atoms. The van der Waals surface area contributed by atoms with E-state index in [2.05, 4.69) is 5.32 Å². The number of nitrogens with zero attached hydrogens (tertiary/aromatic N) is 1. The fourth-order valence-corrected chi connectivity index (χ4v) is 1.90. The van der Waals surface area contributed by atoms with E-state index in [1.165, 1.54) is 6.92 Å². The minimum atomic E-state index is -2.33. The number of nitrogens with one attached hydrogen (secondary N) is 1. The number of anilines is 2. The summed E-state index contributed by atoms with van der Waals surface area (Å²) in [6, 6.07) is 7.34. The van der Waals surface area contributed by atoms with E-state index in [1.807, 2.05) is 0 Å². The summed E-state index contributed by atoms with van der Waals surface area (Å²) in [5, 5.41) is 2.31. The van der Waals surface area contributed by atoms with Gasteiger partial charge in [-0.25, -0.2) is 27.1 Å². The van der Waals surface area contributed by atoms with Crippen LogP contribution in [0.25, 0.3) is 0 Å². The van der Waals surface area contributed by atoms with Crippen LogP contribution in [0.5, 0.6) is 0 Å². The van der Waals surface area contributed by atoms with Crippen LogP contribution in [0.15, 0.2) is 30.3 Å². The van der Waals surface area contributed by atoms with Gasteiger partial charge in [0.25, 0.3) is 0 Å². The molecule has 1 unspecified atom stereocenters. The van der Waals surface area contributed by atoms with Crippen LogP contribution in [0.3, 0.4) is 0 Å². The largest absolute Gasteiger partial charge is 0.383 e. The second-order valence-electron chi connectivity index (χ2n) is 4.83. The van der Waals surface area contributed by atoms with E-state index in [-0.39, 0.29) is 6.54 Å². The molecule has 0 amide bonds. The molecule has 2 aromatic rings. The molecule has 8 heteroatoms. The third-order valence-electron chi connectivity index (χ3n) is 3.16. The van der Waals surface area contributed by atoms with Gasteiger partial charge in [-0.3, -0.25) is 0 Å². The van der Waals surface area contributed by atoms with Crippen molar-refractivity contribution >= 4 is 11.4 Å². The van der Waals surface area contributed by atoms with Crippen LogP contribution in [0, 0.1) is 29.1 Å². The highest BCUT2D eigenvalue weighted by Gasteiger charge is 2.31. The highest BCUT2D eigenvalue weighted by atomic mass is 19.2. The van der Waals surface area contributed by atoms with Crippen molar-refractivity contribution in [2.45, 2.75) is 13.0 Å². The van der Waals surface area contributed by atoms with E-state index in [0.717, 1.165) is 0 Å². The van der Waals surface area contributed by atoms with Gasteiger partial charge in [-0.2, -0.15) is 0 Å². The Labute approximate surface area is 128 Å². The lowest BCUT2D eigenvalue weighted by atomic mass is 10.2. The van der Waals surface area contributed by atoms with E-state index in [9.17, 15) is 26.4 Å². The van der Waals surface area contributed by atoms with Crippen molar-refractivity contribution in [1.29, 1.82) is 0 Å². The summed E-state index contributed by atoms with van der Waals surface area (Å²) >= 11 is 0. The predicted octanol–water partition coefficient (Wildman–Crippen LogP) is 4.57. The first kappa shape index (κ1) is 17.0. The van der Waals surface area contributed by atoms with Gasteiger partial charge in [-0.05, 0) is 19.1 Å². The Kier molecular flexibility index (Phi) is 5.02. The molecule has 0 spiro atoms. The maximum absolute atomic E-state index is 14.1. The third kappa shape index (κ3) is 3.35. The second kappa shape index (κ2) is 6.80. The van der Waals surface area contributed by atoms with Crippen LogP contribution in [-0.4, -0.2) is 12.6 Å². The fraction of sp³-hybridized carbons (Fsp3) is 0.200. The summed E-state index contributed by atoms with van der Waals surface area (Å²) in [5.74, 6) is -11.1. The Morgan fingerprint density at radius 2 is 1.35 bits per heavy atom. The number of halogens is 6. The van der Waals surface area contributed by atoms with E-state index >= 15 is 0 Å². The summed E-state index contributed by atoms with van der Waals surface area (Å²) < 4.78 is 80.4.